The highest BCUT2D eigenvalue weighted by atomic mass is 32.1. The molecule has 0 saturated heterocycles. The fourth-order valence-electron chi connectivity index (χ4n) is 3.17. The van der Waals surface area contributed by atoms with Crippen molar-refractivity contribution in [3.8, 4) is 28.0 Å². The second-order valence-electron chi connectivity index (χ2n) is 6.00. The standard InChI is InChI=1S/C21H16N2O3S/c1-22-20(26)18-14(12-8-4-2-5-9-12)16-17(24)15(13-10-6-3-7-11-13)19(25)23-21(16)27-18/h2-11H,1H3,(H,22,26)(H2,23,24,25). The Labute approximate surface area is 158 Å². The zero-order valence-electron chi connectivity index (χ0n) is 14.4. The van der Waals surface area contributed by atoms with E-state index < -0.39 is 5.56 Å². The molecule has 2 heterocycles. The monoisotopic (exact) mass is 376 g/mol. The zero-order valence-corrected chi connectivity index (χ0v) is 15.3. The largest absolute Gasteiger partial charge is 0.506 e. The molecule has 2 aromatic carbocycles. The molecule has 27 heavy (non-hydrogen) atoms. The van der Waals surface area contributed by atoms with E-state index in [2.05, 4.69) is 10.3 Å². The molecule has 5 nitrogen and oxygen atoms in total. The summed E-state index contributed by atoms with van der Waals surface area (Å²) < 4.78 is 0. The normalized spacial score (nSPS) is 10.9. The Morgan fingerprint density at radius 3 is 2.07 bits per heavy atom. The summed E-state index contributed by atoms with van der Waals surface area (Å²) >= 11 is 1.16. The molecule has 0 unspecified atom stereocenters. The first kappa shape index (κ1) is 17.1. The number of carbonyl (C=O) groups excluding carboxylic acids is 1. The number of H-pyrrole nitrogens is 1. The van der Waals surface area contributed by atoms with E-state index in [0.717, 1.165) is 16.9 Å². The van der Waals surface area contributed by atoms with Crippen molar-refractivity contribution in [3.63, 3.8) is 0 Å². The van der Waals surface area contributed by atoms with Crippen molar-refractivity contribution in [1.82, 2.24) is 10.3 Å². The lowest BCUT2D eigenvalue weighted by Gasteiger charge is -2.08. The Kier molecular flexibility index (Phi) is 4.25. The maximum atomic E-state index is 12.6. The number of carbonyl (C=O) groups is 1. The number of nitrogens with one attached hydrogen (secondary N) is 2. The molecule has 4 aromatic rings. The third-order valence-electron chi connectivity index (χ3n) is 4.39. The molecule has 2 aromatic heterocycles. The average molecular weight is 376 g/mol. The Hall–Kier alpha value is -3.38. The van der Waals surface area contributed by atoms with Gasteiger partial charge in [-0.3, -0.25) is 9.59 Å². The topological polar surface area (TPSA) is 82.2 Å². The minimum atomic E-state index is -0.393. The number of amides is 1. The molecule has 3 N–H and O–H groups in total. The van der Waals surface area contributed by atoms with Gasteiger partial charge < -0.3 is 15.4 Å². The quantitative estimate of drug-likeness (QED) is 0.506. The molecule has 0 radical (unpaired) electrons. The highest BCUT2D eigenvalue weighted by Gasteiger charge is 2.25. The van der Waals surface area contributed by atoms with Gasteiger partial charge in [-0.25, -0.2) is 0 Å². The zero-order chi connectivity index (χ0) is 19.0. The highest BCUT2D eigenvalue weighted by molar-refractivity contribution is 7.21. The van der Waals surface area contributed by atoms with Gasteiger partial charge in [0.05, 0.1) is 10.9 Å². The lowest BCUT2D eigenvalue weighted by atomic mass is 9.98. The maximum absolute atomic E-state index is 12.6. The van der Waals surface area contributed by atoms with E-state index >= 15 is 0 Å². The van der Waals surface area contributed by atoms with Crippen LogP contribution in [0.2, 0.25) is 0 Å². The second-order valence-corrected chi connectivity index (χ2v) is 7.02. The van der Waals surface area contributed by atoms with Crippen LogP contribution in [0.1, 0.15) is 9.67 Å². The molecule has 4 rings (SSSR count). The molecule has 0 bridgehead atoms. The molecule has 0 saturated carbocycles. The molecule has 0 aliphatic carbocycles. The summed E-state index contributed by atoms with van der Waals surface area (Å²) in [4.78, 5) is 28.8. The minimum Gasteiger partial charge on any atom is -0.506 e. The summed E-state index contributed by atoms with van der Waals surface area (Å²) in [6, 6.07) is 18.4. The van der Waals surface area contributed by atoms with Crippen molar-refractivity contribution in [3.05, 3.63) is 75.9 Å². The molecule has 6 heteroatoms. The summed E-state index contributed by atoms with van der Waals surface area (Å²) in [5, 5.41) is 14.2. The van der Waals surface area contributed by atoms with Gasteiger partial charge in [0.25, 0.3) is 11.5 Å². The van der Waals surface area contributed by atoms with Gasteiger partial charge in [0, 0.05) is 12.6 Å². The summed E-state index contributed by atoms with van der Waals surface area (Å²) in [6.45, 7) is 0. The van der Waals surface area contributed by atoms with Crippen LogP contribution < -0.4 is 10.9 Å². The number of fused-ring (bicyclic) bond motifs is 1. The van der Waals surface area contributed by atoms with Crippen molar-refractivity contribution in [2.24, 2.45) is 0 Å². The molecule has 0 aliphatic rings. The average Bonchev–Trinajstić information content (AvgIpc) is 3.08. The van der Waals surface area contributed by atoms with Crippen molar-refractivity contribution in [2.45, 2.75) is 0 Å². The summed E-state index contributed by atoms with van der Waals surface area (Å²) in [7, 11) is 1.56. The fourth-order valence-corrected chi connectivity index (χ4v) is 4.33. The van der Waals surface area contributed by atoms with Crippen molar-refractivity contribution in [1.29, 1.82) is 0 Å². The summed E-state index contributed by atoms with van der Waals surface area (Å²) in [5.74, 6) is -0.387. The van der Waals surface area contributed by atoms with Crippen molar-refractivity contribution >= 4 is 27.5 Å². The molecular weight excluding hydrogens is 360 g/mol. The number of thiophene rings is 1. The number of hydrogen-bond donors (Lipinski definition) is 3. The molecule has 1 amide bonds. The molecule has 134 valence electrons. The predicted molar refractivity (Wildman–Crippen MR) is 108 cm³/mol. The van der Waals surface area contributed by atoms with E-state index in [0.29, 0.717) is 26.2 Å². The van der Waals surface area contributed by atoms with Gasteiger partial charge in [-0.15, -0.1) is 11.3 Å². The van der Waals surface area contributed by atoms with Gasteiger partial charge in [0.2, 0.25) is 0 Å². The van der Waals surface area contributed by atoms with Gasteiger partial charge in [-0.1, -0.05) is 60.7 Å². The summed E-state index contributed by atoms with van der Waals surface area (Å²) in [6.07, 6.45) is 0. The first-order valence-electron chi connectivity index (χ1n) is 8.36. The van der Waals surface area contributed by atoms with Crippen LogP contribution in [0.5, 0.6) is 5.75 Å². The number of aromatic amines is 1. The highest BCUT2D eigenvalue weighted by Crippen LogP contribution is 2.44. The van der Waals surface area contributed by atoms with Crippen LogP contribution in [-0.2, 0) is 0 Å². The van der Waals surface area contributed by atoms with Gasteiger partial charge in [0.15, 0.2) is 0 Å². The van der Waals surface area contributed by atoms with E-state index in [4.69, 9.17) is 0 Å². The number of rotatable bonds is 3. The molecule has 0 aliphatic heterocycles. The maximum Gasteiger partial charge on any atom is 0.261 e. The number of aromatic hydroxyl groups is 1. The van der Waals surface area contributed by atoms with Gasteiger partial charge in [0.1, 0.15) is 15.5 Å². The van der Waals surface area contributed by atoms with Crippen molar-refractivity contribution < 1.29 is 9.90 Å². The number of pyridine rings is 1. The van der Waals surface area contributed by atoms with Crippen molar-refractivity contribution in [2.75, 3.05) is 7.05 Å². The van der Waals surface area contributed by atoms with Crippen LogP contribution in [0.15, 0.2) is 65.5 Å². The Balaban J connectivity index is 2.13. The second kappa shape index (κ2) is 6.74. The first-order valence-corrected chi connectivity index (χ1v) is 9.18. The smallest absolute Gasteiger partial charge is 0.261 e. The number of aromatic nitrogens is 1. The minimum absolute atomic E-state index is 0.120. The van der Waals surface area contributed by atoms with Crippen LogP contribution >= 0.6 is 11.3 Å². The summed E-state index contributed by atoms with van der Waals surface area (Å²) in [5.41, 5.74) is 1.83. The fraction of sp³-hybridized carbons (Fsp3) is 0.0476. The van der Waals surface area contributed by atoms with Crippen LogP contribution in [0.3, 0.4) is 0 Å². The lowest BCUT2D eigenvalue weighted by Crippen LogP contribution is -2.17. The first-order chi connectivity index (χ1) is 13.1. The van der Waals surface area contributed by atoms with E-state index in [9.17, 15) is 14.7 Å². The van der Waals surface area contributed by atoms with Gasteiger partial charge in [-0.2, -0.15) is 0 Å². The van der Waals surface area contributed by atoms with E-state index in [1.165, 1.54) is 0 Å². The van der Waals surface area contributed by atoms with Crippen LogP contribution in [0.4, 0.5) is 0 Å². The number of hydrogen-bond acceptors (Lipinski definition) is 4. The number of benzene rings is 2. The Bertz CT molecular complexity index is 1200. The SMILES string of the molecule is CNC(=O)c1sc2[nH]c(=O)c(-c3ccccc3)c(O)c2c1-c1ccccc1. The molecule has 0 atom stereocenters. The Morgan fingerprint density at radius 2 is 1.52 bits per heavy atom. The molecular formula is C21H16N2O3S. The van der Waals surface area contributed by atoms with Crippen LogP contribution in [-0.4, -0.2) is 23.0 Å². The van der Waals surface area contributed by atoms with Crippen LogP contribution in [0, 0.1) is 0 Å². The van der Waals surface area contributed by atoms with E-state index in [1.807, 2.05) is 36.4 Å². The van der Waals surface area contributed by atoms with E-state index in [-0.39, 0.29) is 17.2 Å². The Morgan fingerprint density at radius 1 is 0.963 bits per heavy atom. The predicted octanol–water partition coefficient (Wildman–Crippen LogP) is 3.99. The molecule has 0 spiro atoms. The van der Waals surface area contributed by atoms with Crippen LogP contribution in [0.25, 0.3) is 32.5 Å². The van der Waals surface area contributed by atoms with Gasteiger partial charge >= 0.3 is 0 Å². The van der Waals surface area contributed by atoms with Gasteiger partial charge in [-0.05, 0) is 11.1 Å². The lowest BCUT2D eigenvalue weighted by molar-refractivity contribution is 0.0967. The third kappa shape index (κ3) is 2.80. The third-order valence-corrected chi connectivity index (χ3v) is 5.50. The molecule has 0 fully saturated rings. The van der Waals surface area contributed by atoms with E-state index in [1.54, 1.807) is 31.3 Å².